The summed E-state index contributed by atoms with van der Waals surface area (Å²) in [4.78, 5) is 12.6. The number of amides is 1. The minimum absolute atomic E-state index is 0.268. The van der Waals surface area contributed by atoms with Crippen molar-refractivity contribution in [1.82, 2.24) is 0 Å². The smallest absolute Gasteiger partial charge is 0.263 e. The van der Waals surface area contributed by atoms with Gasteiger partial charge in [0, 0.05) is 5.69 Å². The molecule has 0 radical (unpaired) electrons. The average Bonchev–Trinajstić information content (AvgIpc) is 2.60. The lowest BCUT2D eigenvalue weighted by atomic mass is 10.1. The number of aryl methyl sites for hydroxylation is 1. The van der Waals surface area contributed by atoms with E-state index < -0.39 is 0 Å². The number of benzene rings is 2. The van der Waals surface area contributed by atoms with E-state index in [9.17, 15) is 4.79 Å². The molecule has 120 valence electrons. The largest absolute Gasteiger partial charge is 0.496 e. The number of carbonyl (C=O) groups excluding carboxylic acids is 1. The van der Waals surface area contributed by atoms with Crippen LogP contribution in [0.5, 0.6) is 17.2 Å². The molecule has 0 spiro atoms. The van der Waals surface area contributed by atoms with Crippen LogP contribution in [0.15, 0.2) is 36.4 Å². The number of anilines is 1. The highest BCUT2D eigenvalue weighted by Gasteiger charge is 2.19. The molecule has 3 rings (SSSR count). The number of ether oxygens (including phenoxy) is 3. The van der Waals surface area contributed by atoms with Gasteiger partial charge in [-0.2, -0.15) is 0 Å². The van der Waals surface area contributed by atoms with Gasteiger partial charge in [-0.3, -0.25) is 4.79 Å². The minimum Gasteiger partial charge on any atom is -0.496 e. The first-order valence-electron chi connectivity index (χ1n) is 7.51. The number of fused-ring (bicyclic) bond motifs is 1. The molecule has 0 aliphatic carbocycles. The van der Waals surface area contributed by atoms with Gasteiger partial charge < -0.3 is 19.5 Å². The molecule has 0 saturated heterocycles. The van der Waals surface area contributed by atoms with Crippen molar-refractivity contribution in [1.29, 1.82) is 0 Å². The van der Waals surface area contributed by atoms with Crippen LogP contribution in [0.3, 0.4) is 0 Å². The van der Waals surface area contributed by atoms with Crippen LogP contribution in [0.25, 0.3) is 0 Å². The van der Waals surface area contributed by atoms with E-state index in [2.05, 4.69) is 5.32 Å². The standard InChI is InChI=1S/C18H19NO4/c1-21-15-6-3-7-16(22-2)17(15)18(20)19-13-8-9-14-12(11-13)5-4-10-23-14/h3,6-9,11H,4-5,10H2,1-2H3,(H,19,20). The molecule has 0 atom stereocenters. The number of rotatable bonds is 4. The molecule has 0 fully saturated rings. The fraction of sp³-hybridized carbons (Fsp3) is 0.278. The van der Waals surface area contributed by atoms with Crippen molar-refractivity contribution in [3.8, 4) is 17.2 Å². The normalized spacial score (nSPS) is 12.8. The first-order chi connectivity index (χ1) is 11.2. The molecule has 0 bridgehead atoms. The van der Waals surface area contributed by atoms with Gasteiger partial charge in [-0.1, -0.05) is 6.07 Å². The fourth-order valence-corrected chi connectivity index (χ4v) is 2.71. The maximum Gasteiger partial charge on any atom is 0.263 e. The quantitative estimate of drug-likeness (QED) is 0.941. The van der Waals surface area contributed by atoms with E-state index in [0.29, 0.717) is 17.1 Å². The van der Waals surface area contributed by atoms with Gasteiger partial charge >= 0.3 is 0 Å². The van der Waals surface area contributed by atoms with Crippen molar-refractivity contribution in [2.24, 2.45) is 0 Å². The molecule has 0 unspecified atom stereocenters. The van der Waals surface area contributed by atoms with Crippen molar-refractivity contribution in [2.45, 2.75) is 12.8 Å². The van der Waals surface area contributed by atoms with Gasteiger partial charge in [0.25, 0.3) is 5.91 Å². The van der Waals surface area contributed by atoms with Crippen molar-refractivity contribution in [3.05, 3.63) is 47.5 Å². The molecule has 1 amide bonds. The van der Waals surface area contributed by atoms with Crippen molar-refractivity contribution >= 4 is 11.6 Å². The van der Waals surface area contributed by atoms with E-state index in [1.807, 2.05) is 18.2 Å². The summed E-state index contributed by atoms with van der Waals surface area (Å²) in [7, 11) is 3.06. The molecule has 0 saturated carbocycles. The van der Waals surface area contributed by atoms with Gasteiger partial charge in [-0.15, -0.1) is 0 Å². The summed E-state index contributed by atoms with van der Waals surface area (Å²) in [5, 5.41) is 2.90. The monoisotopic (exact) mass is 313 g/mol. The van der Waals surface area contributed by atoms with Crippen molar-refractivity contribution < 1.29 is 19.0 Å². The Morgan fingerprint density at radius 1 is 1.13 bits per heavy atom. The summed E-state index contributed by atoms with van der Waals surface area (Å²) in [5.74, 6) is 1.58. The molecule has 1 heterocycles. The summed E-state index contributed by atoms with van der Waals surface area (Å²) >= 11 is 0. The molecule has 0 aromatic heterocycles. The summed E-state index contributed by atoms with van der Waals surface area (Å²) in [6.07, 6.45) is 1.95. The number of nitrogens with one attached hydrogen (secondary N) is 1. The predicted molar refractivity (Wildman–Crippen MR) is 87.8 cm³/mol. The molecule has 1 aliphatic rings. The summed E-state index contributed by atoms with van der Waals surface area (Å²) < 4.78 is 16.1. The first-order valence-corrected chi connectivity index (χ1v) is 7.51. The molecule has 5 nitrogen and oxygen atoms in total. The van der Waals surface area contributed by atoms with Crippen LogP contribution in [0.2, 0.25) is 0 Å². The SMILES string of the molecule is COc1cccc(OC)c1C(=O)Nc1ccc2c(c1)CCCO2. The van der Waals surface area contributed by atoms with Crippen LogP contribution in [0.4, 0.5) is 5.69 Å². The Hall–Kier alpha value is -2.69. The summed E-state index contributed by atoms with van der Waals surface area (Å²) in [6, 6.07) is 10.9. The molecule has 5 heteroatoms. The second kappa shape index (κ2) is 6.60. The van der Waals surface area contributed by atoms with Crippen LogP contribution >= 0.6 is 0 Å². The Labute approximate surface area is 135 Å². The first kappa shape index (κ1) is 15.2. The van der Waals surface area contributed by atoms with Crippen LogP contribution < -0.4 is 19.5 Å². The van der Waals surface area contributed by atoms with Gasteiger partial charge in [-0.05, 0) is 48.7 Å². The Morgan fingerprint density at radius 3 is 2.57 bits per heavy atom. The highest BCUT2D eigenvalue weighted by atomic mass is 16.5. The zero-order chi connectivity index (χ0) is 16.2. The van der Waals surface area contributed by atoms with Gasteiger partial charge in [-0.25, -0.2) is 0 Å². The van der Waals surface area contributed by atoms with Crippen LogP contribution in [-0.2, 0) is 6.42 Å². The van der Waals surface area contributed by atoms with Gasteiger partial charge in [0.15, 0.2) is 0 Å². The highest BCUT2D eigenvalue weighted by molar-refractivity contribution is 6.08. The van der Waals surface area contributed by atoms with Gasteiger partial charge in [0.1, 0.15) is 22.8 Å². The van der Waals surface area contributed by atoms with E-state index in [1.165, 1.54) is 14.2 Å². The maximum atomic E-state index is 12.6. The third-order valence-corrected chi connectivity index (χ3v) is 3.82. The molecular weight excluding hydrogens is 294 g/mol. The Balaban J connectivity index is 1.87. The maximum absolute atomic E-state index is 12.6. The third-order valence-electron chi connectivity index (χ3n) is 3.82. The fourth-order valence-electron chi connectivity index (χ4n) is 2.71. The van der Waals surface area contributed by atoms with Gasteiger partial charge in [0.2, 0.25) is 0 Å². The lowest BCUT2D eigenvalue weighted by Gasteiger charge is -2.18. The Morgan fingerprint density at radius 2 is 1.87 bits per heavy atom. The number of methoxy groups -OCH3 is 2. The average molecular weight is 313 g/mol. The second-order valence-electron chi connectivity index (χ2n) is 5.27. The van der Waals surface area contributed by atoms with Crippen molar-refractivity contribution in [3.63, 3.8) is 0 Å². The second-order valence-corrected chi connectivity index (χ2v) is 5.27. The zero-order valence-electron chi connectivity index (χ0n) is 13.2. The third kappa shape index (κ3) is 3.08. The minimum atomic E-state index is -0.268. The highest BCUT2D eigenvalue weighted by Crippen LogP contribution is 2.31. The summed E-state index contributed by atoms with van der Waals surface area (Å²) in [6.45, 7) is 0.747. The van der Waals surface area contributed by atoms with Crippen LogP contribution in [0, 0.1) is 0 Å². The van der Waals surface area contributed by atoms with E-state index in [-0.39, 0.29) is 5.91 Å². The number of hydrogen-bond acceptors (Lipinski definition) is 4. The predicted octanol–water partition coefficient (Wildman–Crippen LogP) is 3.28. The van der Waals surface area contributed by atoms with E-state index in [4.69, 9.17) is 14.2 Å². The lowest BCUT2D eigenvalue weighted by Crippen LogP contribution is -2.15. The molecular formula is C18H19NO4. The van der Waals surface area contributed by atoms with Crippen molar-refractivity contribution in [2.75, 3.05) is 26.1 Å². The molecule has 23 heavy (non-hydrogen) atoms. The van der Waals surface area contributed by atoms with E-state index in [0.717, 1.165) is 36.4 Å². The molecule has 1 aliphatic heterocycles. The number of hydrogen-bond donors (Lipinski definition) is 1. The van der Waals surface area contributed by atoms with E-state index >= 15 is 0 Å². The van der Waals surface area contributed by atoms with Crippen LogP contribution in [-0.4, -0.2) is 26.7 Å². The Kier molecular flexibility index (Phi) is 4.37. The summed E-state index contributed by atoms with van der Waals surface area (Å²) in [5.41, 5.74) is 2.22. The zero-order valence-corrected chi connectivity index (χ0v) is 13.2. The lowest BCUT2D eigenvalue weighted by molar-refractivity contribution is 0.102. The molecule has 1 N–H and O–H groups in total. The van der Waals surface area contributed by atoms with Crippen LogP contribution in [0.1, 0.15) is 22.3 Å². The van der Waals surface area contributed by atoms with E-state index in [1.54, 1.807) is 18.2 Å². The van der Waals surface area contributed by atoms with Gasteiger partial charge in [0.05, 0.1) is 20.8 Å². The molecule has 2 aromatic carbocycles. The Bertz CT molecular complexity index is 705. The molecule has 2 aromatic rings. The number of carbonyl (C=O) groups is 1. The topological polar surface area (TPSA) is 56.8 Å².